The highest BCUT2D eigenvalue weighted by molar-refractivity contribution is 9.11. The molecule has 0 aliphatic rings. The third-order valence-electron chi connectivity index (χ3n) is 3.43. The summed E-state index contributed by atoms with van der Waals surface area (Å²) in [5.41, 5.74) is 6.42. The van der Waals surface area contributed by atoms with Crippen molar-refractivity contribution in [1.29, 1.82) is 0 Å². The fraction of sp³-hybridized carbons (Fsp3) is 0.533. The van der Waals surface area contributed by atoms with Crippen LogP contribution in [-0.2, 0) is 4.79 Å². The predicted octanol–water partition coefficient (Wildman–Crippen LogP) is 4.55. The maximum atomic E-state index is 12.0. The largest absolute Gasteiger partial charge is 0.330 e. The van der Waals surface area contributed by atoms with E-state index in [2.05, 4.69) is 51.0 Å². The number of carbonyl (C=O) groups is 1. The number of rotatable bonds is 7. The quantitative estimate of drug-likeness (QED) is 0.698. The Morgan fingerprint density at radius 2 is 2.00 bits per heavy atom. The third-order valence-corrected chi connectivity index (χ3v) is 4.58. The number of nitrogens with two attached hydrogens (primary N) is 1. The van der Waals surface area contributed by atoms with Crippen molar-refractivity contribution in [3.63, 3.8) is 0 Å². The van der Waals surface area contributed by atoms with E-state index < -0.39 is 0 Å². The molecule has 0 bridgehead atoms. The van der Waals surface area contributed by atoms with E-state index in [0.29, 0.717) is 24.8 Å². The summed E-state index contributed by atoms with van der Waals surface area (Å²) in [6.45, 7) is 5.05. The number of anilines is 1. The van der Waals surface area contributed by atoms with Crippen LogP contribution >= 0.6 is 31.9 Å². The van der Waals surface area contributed by atoms with Crippen molar-refractivity contribution in [2.24, 2.45) is 17.6 Å². The summed E-state index contributed by atoms with van der Waals surface area (Å²) in [5.74, 6) is 1.13. The minimum absolute atomic E-state index is 0.0516. The first-order chi connectivity index (χ1) is 9.43. The normalized spacial score (nSPS) is 12.5. The number of hydrogen-bond acceptors (Lipinski definition) is 2. The number of hydrogen-bond donors (Lipinski definition) is 2. The van der Waals surface area contributed by atoms with Gasteiger partial charge in [0.15, 0.2) is 0 Å². The summed E-state index contributed by atoms with van der Waals surface area (Å²) < 4.78 is 1.85. The molecule has 3 nitrogen and oxygen atoms in total. The summed E-state index contributed by atoms with van der Waals surface area (Å²) in [6, 6.07) is 5.71. The van der Waals surface area contributed by atoms with E-state index in [1.165, 1.54) is 0 Å². The molecule has 1 rings (SSSR count). The molecule has 20 heavy (non-hydrogen) atoms. The number of halogens is 2. The summed E-state index contributed by atoms with van der Waals surface area (Å²) in [4.78, 5) is 12.0. The molecule has 1 amide bonds. The average molecular weight is 406 g/mol. The van der Waals surface area contributed by atoms with Crippen molar-refractivity contribution in [2.45, 2.75) is 33.1 Å². The van der Waals surface area contributed by atoms with Gasteiger partial charge in [-0.1, -0.05) is 29.8 Å². The lowest BCUT2D eigenvalue weighted by Gasteiger charge is -2.19. The topological polar surface area (TPSA) is 55.1 Å². The average Bonchev–Trinajstić information content (AvgIpc) is 2.37. The first kappa shape index (κ1) is 17.7. The molecule has 0 radical (unpaired) electrons. The summed E-state index contributed by atoms with van der Waals surface area (Å²) in [5, 5.41) is 2.94. The van der Waals surface area contributed by atoms with Gasteiger partial charge in [0, 0.05) is 15.4 Å². The minimum Gasteiger partial charge on any atom is -0.330 e. The van der Waals surface area contributed by atoms with Crippen molar-refractivity contribution in [3.8, 4) is 0 Å². The number of nitrogens with one attached hydrogen (secondary N) is 1. The molecule has 0 aromatic heterocycles. The fourth-order valence-corrected chi connectivity index (χ4v) is 3.29. The molecule has 5 heteroatoms. The van der Waals surface area contributed by atoms with Crippen molar-refractivity contribution in [1.82, 2.24) is 0 Å². The molecular formula is C15H22Br2N2O. The van der Waals surface area contributed by atoms with Crippen LogP contribution in [-0.4, -0.2) is 12.5 Å². The maximum Gasteiger partial charge on any atom is 0.224 e. The molecule has 1 aromatic carbocycles. The number of amides is 1. The molecule has 0 saturated heterocycles. The molecular weight excluding hydrogens is 384 g/mol. The van der Waals surface area contributed by atoms with Gasteiger partial charge in [-0.25, -0.2) is 0 Å². The SMILES string of the molecule is CC(C)C(CCN)CCC(=O)Nc1ccc(Br)cc1Br. The Bertz CT molecular complexity index is 449. The Kier molecular flexibility index (Phi) is 7.77. The maximum absolute atomic E-state index is 12.0. The van der Waals surface area contributed by atoms with E-state index in [1.807, 2.05) is 18.2 Å². The highest BCUT2D eigenvalue weighted by atomic mass is 79.9. The van der Waals surface area contributed by atoms with Gasteiger partial charge in [0.05, 0.1) is 5.69 Å². The van der Waals surface area contributed by atoms with E-state index >= 15 is 0 Å². The zero-order chi connectivity index (χ0) is 15.1. The zero-order valence-corrected chi connectivity index (χ0v) is 15.1. The lowest BCUT2D eigenvalue weighted by molar-refractivity contribution is -0.116. The Hall–Kier alpha value is -0.390. The molecule has 0 aliphatic heterocycles. The molecule has 0 spiro atoms. The third kappa shape index (κ3) is 5.94. The van der Waals surface area contributed by atoms with Crippen LogP contribution in [0.15, 0.2) is 27.1 Å². The monoisotopic (exact) mass is 404 g/mol. The van der Waals surface area contributed by atoms with Crippen LogP contribution < -0.4 is 11.1 Å². The summed E-state index contributed by atoms with van der Waals surface area (Å²) >= 11 is 6.83. The van der Waals surface area contributed by atoms with Crippen LogP contribution in [0.25, 0.3) is 0 Å². The van der Waals surface area contributed by atoms with Crippen molar-refractivity contribution in [3.05, 3.63) is 27.1 Å². The van der Waals surface area contributed by atoms with Gasteiger partial charge in [0.2, 0.25) is 5.91 Å². The number of carbonyl (C=O) groups excluding carboxylic acids is 1. The van der Waals surface area contributed by atoms with Crippen LogP contribution in [0.3, 0.4) is 0 Å². The second kappa shape index (κ2) is 8.80. The van der Waals surface area contributed by atoms with Gasteiger partial charge in [0.25, 0.3) is 0 Å². The lowest BCUT2D eigenvalue weighted by Crippen LogP contribution is -2.18. The predicted molar refractivity (Wildman–Crippen MR) is 91.7 cm³/mol. The number of benzene rings is 1. The summed E-state index contributed by atoms with van der Waals surface area (Å²) in [7, 11) is 0. The van der Waals surface area contributed by atoms with Crippen molar-refractivity contribution < 1.29 is 4.79 Å². The van der Waals surface area contributed by atoms with Gasteiger partial charge < -0.3 is 11.1 Å². The second-order valence-corrected chi connectivity index (χ2v) is 7.06. The van der Waals surface area contributed by atoms with E-state index in [9.17, 15) is 4.79 Å². The standard InChI is InChI=1S/C15H22Br2N2O/c1-10(2)11(7-8-18)3-6-15(20)19-14-5-4-12(16)9-13(14)17/h4-5,9-11H,3,6-8,18H2,1-2H3,(H,19,20). The van der Waals surface area contributed by atoms with E-state index in [0.717, 1.165) is 27.5 Å². The Balaban J connectivity index is 2.51. The molecule has 0 heterocycles. The van der Waals surface area contributed by atoms with Crippen LogP contribution in [0.2, 0.25) is 0 Å². The first-order valence-corrected chi connectivity index (χ1v) is 8.47. The Morgan fingerprint density at radius 3 is 2.55 bits per heavy atom. The fourth-order valence-electron chi connectivity index (χ4n) is 2.15. The van der Waals surface area contributed by atoms with Gasteiger partial charge >= 0.3 is 0 Å². The molecule has 3 N–H and O–H groups in total. The van der Waals surface area contributed by atoms with Gasteiger partial charge in [-0.2, -0.15) is 0 Å². The Morgan fingerprint density at radius 1 is 1.30 bits per heavy atom. The van der Waals surface area contributed by atoms with Gasteiger partial charge in [-0.05, 0) is 65.4 Å². The minimum atomic E-state index is 0.0516. The van der Waals surface area contributed by atoms with Crippen molar-refractivity contribution in [2.75, 3.05) is 11.9 Å². The Labute approximate surface area is 138 Å². The molecule has 112 valence electrons. The molecule has 0 saturated carbocycles. The van der Waals surface area contributed by atoms with Crippen LogP contribution in [0, 0.1) is 11.8 Å². The highest BCUT2D eigenvalue weighted by Crippen LogP contribution is 2.27. The van der Waals surface area contributed by atoms with Gasteiger partial charge in [-0.3, -0.25) is 4.79 Å². The first-order valence-electron chi connectivity index (χ1n) is 6.89. The summed E-state index contributed by atoms with van der Waals surface area (Å²) in [6.07, 6.45) is 2.40. The van der Waals surface area contributed by atoms with E-state index in [4.69, 9.17) is 5.73 Å². The smallest absolute Gasteiger partial charge is 0.224 e. The zero-order valence-electron chi connectivity index (χ0n) is 12.0. The lowest BCUT2D eigenvalue weighted by atomic mass is 9.88. The van der Waals surface area contributed by atoms with E-state index in [1.54, 1.807) is 0 Å². The highest BCUT2D eigenvalue weighted by Gasteiger charge is 2.15. The second-order valence-electron chi connectivity index (χ2n) is 5.29. The molecule has 0 aliphatic carbocycles. The van der Waals surface area contributed by atoms with Gasteiger partial charge in [0.1, 0.15) is 0 Å². The van der Waals surface area contributed by atoms with Crippen LogP contribution in [0.1, 0.15) is 33.1 Å². The van der Waals surface area contributed by atoms with E-state index in [-0.39, 0.29) is 5.91 Å². The molecule has 1 unspecified atom stereocenters. The van der Waals surface area contributed by atoms with Crippen LogP contribution in [0.5, 0.6) is 0 Å². The van der Waals surface area contributed by atoms with Crippen LogP contribution in [0.4, 0.5) is 5.69 Å². The molecule has 1 aromatic rings. The van der Waals surface area contributed by atoms with Gasteiger partial charge in [-0.15, -0.1) is 0 Å². The van der Waals surface area contributed by atoms with Crippen molar-refractivity contribution >= 4 is 43.5 Å². The molecule has 0 fully saturated rings. The molecule has 1 atom stereocenters.